The van der Waals surface area contributed by atoms with Crippen molar-refractivity contribution < 1.29 is 19.5 Å². The van der Waals surface area contributed by atoms with Gasteiger partial charge in [0.2, 0.25) is 5.91 Å². The second-order valence-corrected chi connectivity index (χ2v) is 8.29. The normalized spacial score (nSPS) is 22.0. The molecule has 0 saturated carbocycles. The summed E-state index contributed by atoms with van der Waals surface area (Å²) >= 11 is 1.35. The minimum atomic E-state index is -1.04. The van der Waals surface area contributed by atoms with Gasteiger partial charge in [-0.25, -0.2) is 9.78 Å². The fourth-order valence-electron chi connectivity index (χ4n) is 4.12. The van der Waals surface area contributed by atoms with E-state index in [1.807, 2.05) is 23.1 Å². The van der Waals surface area contributed by atoms with Crippen LogP contribution in [0.4, 0.5) is 0 Å². The lowest BCUT2D eigenvalue weighted by molar-refractivity contribution is -0.134. The van der Waals surface area contributed by atoms with E-state index >= 15 is 0 Å². The number of hydrogen-bond acceptors (Lipinski definition) is 5. The highest BCUT2D eigenvalue weighted by Crippen LogP contribution is 2.40. The summed E-state index contributed by atoms with van der Waals surface area (Å²) in [6.07, 6.45) is 2.55. The van der Waals surface area contributed by atoms with Crippen LogP contribution in [0.3, 0.4) is 0 Å². The molecule has 2 atom stereocenters. The molecule has 2 unspecified atom stereocenters. The van der Waals surface area contributed by atoms with Crippen molar-refractivity contribution in [2.75, 3.05) is 6.54 Å². The van der Waals surface area contributed by atoms with Crippen molar-refractivity contribution in [2.45, 2.75) is 44.6 Å². The fourth-order valence-corrected chi connectivity index (χ4v) is 5.18. The van der Waals surface area contributed by atoms with E-state index in [2.05, 4.69) is 4.98 Å². The molecule has 1 N–H and O–H groups in total. The molecule has 1 saturated heterocycles. The number of aryl methyl sites for hydroxylation is 1. The molecular formula is C20H20N2O4S. The Bertz CT molecular complexity index is 936. The Morgan fingerprint density at radius 2 is 2.04 bits per heavy atom. The molecule has 4 rings (SSSR count). The molecule has 1 aliphatic carbocycles. The third-order valence-corrected chi connectivity index (χ3v) is 6.50. The number of ketones is 1. The van der Waals surface area contributed by atoms with Crippen LogP contribution in [0.1, 0.15) is 73.9 Å². The molecule has 1 amide bonds. The van der Waals surface area contributed by atoms with Crippen molar-refractivity contribution in [1.82, 2.24) is 9.88 Å². The van der Waals surface area contributed by atoms with Crippen molar-refractivity contribution in [2.24, 2.45) is 0 Å². The number of fused-ring (bicyclic) bond motifs is 1. The SMILES string of the molecule is Cc1sc(C2CCCN2C(=O)C2CCC(=O)c3ccccc32)nc1C(=O)O. The smallest absolute Gasteiger partial charge is 0.355 e. The molecule has 2 heterocycles. The molecule has 7 heteroatoms. The maximum absolute atomic E-state index is 13.4. The van der Waals surface area contributed by atoms with E-state index in [0.29, 0.717) is 34.8 Å². The second-order valence-electron chi connectivity index (χ2n) is 7.05. The van der Waals surface area contributed by atoms with Crippen molar-refractivity contribution in [3.8, 4) is 0 Å². The van der Waals surface area contributed by atoms with E-state index in [4.69, 9.17) is 0 Å². The summed E-state index contributed by atoms with van der Waals surface area (Å²) in [6.45, 7) is 2.38. The molecule has 1 fully saturated rings. The van der Waals surface area contributed by atoms with E-state index < -0.39 is 5.97 Å². The minimum absolute atomic E-state index is 0.0159. The number of carbonyl (C=O) groups is 3. The quantitative estimate of drug-likeness (QED) is 0.874. The lowest BCUT2D eigenvalue weighted by Crippen LogP contribution is -2.36. The Kier molecular flexibility index (Phi) is 4.55. The molecule has 140 valence electrons. The van der Waals surface area contributed by atoms with Crippen LogP contribution in [0.5, 0.6) is 0 Å². The number of amides is 1. The highest BCUT2D eigenvalue weighted by molar-refractivity contribution is 7.12. The first kappa shape index (κ1) is 17.9. The van der Waals surface area contributed by atoms with E-state index in [1.54, 1.807) is 13.0 Å². The molecule has 2 aliphatic rings. The highest BCUT2D eigenvalue weighted by atomic mass is 32.1. The van der Waals surface area contributed by atoms with Gasteiger partial charge in [-0.1, -0.05) is 24.3 Å². The summed E-state index contributed by atoms with van der Waals surface area (Å²) < 4.78 is 0. The molecule has 1 aromatic heterocycles. The number of aromatic carboxylic acids is 1. The monoisotopic (exact) mass is 384 g/mol. The zero-order chi connectivity index (χ0) is 19.1. The Morgan fingerprint density at radius 3 is 2.78 bits per heavy atom. The molecule has 2 aromatic rings. The first-order valence-corrected chi connectivity index (χ1v) is 9.92. The van der Waals surface area contributed by atoms with Crippen molar-refractivity contribution in [3.63, 3.8) is 0 Å². The third kappa shape index (κ3) is 3.06. The highest BCUT2D eigenvalue weighted by Gasteiger charge is 2.39. The van der Waals surface area contributed by atoms with Crippen LogP contribution in [0.2, 0.25) is 0 Å². The zero-order valence-electron chi connectivity index (χ0n) is 15.0. The molecule has 0 spiro atoms. The zero-order valence-corrected chi connectivity index (χ0v) is 15.8. The van der Waals surface area contributed by atoms with Crippen LogP contribution in [0.15, 0.2) is 24.3 Å². The number of carboxylic acid groups (broad SMARTS) is 1. The van der Waals surface area contributed by atoms with E-state index in [0.717, 1.165) is 18.4 Å². The number of thiazole rings is 1. The van der Waals surface area contributed by atoms with Crippen LogP contribution in [-0.2, 0) is 4.79 Å². The number of carbonyl (C=O) groups excluding carboxylic acids is 2. The van der Waals surface area contributed by atoms with Gasteiger partial charge in [0.1, 0.15) is 5.01 Å². The van der Waals surface area contributed by atoms with Gasteiger partial charge < -0.3 is 10.0 Å². The Balaban J connectivity index is 1.64. The van der Waals surface area contributed by atoms with Gasteiger partial charge in [-0.15, -0.1) is 11.3 Å². The van der Waals surface area contributed by atoms with Gasteiger partial charge in [0.25, 0.3) is 0 Å². The number of hydrogen-bond donors (Lipinski definition) is 1. The van der Waals surface area contributed by atoms with Crippen LogP contribution in [0, 0.1) is 6.92 Å². The van der Waals surface area contributed by atoms with Crippen molar-refractivity contribution in [1.29, 1.82) is 0 Å². The summed E-state index contributed by atoms with van der Waals surface area (Å²) in [5.74, 6) is -1.25. The second kappa shape index (κ2) is 6.88. The number of likely N-dealkylation sites (tertiary alicyclic amines) is 1. The molecule has 0 radical (unpaired) electrons. The third-order valence-electron chi connectivity index (χ3n) is 5.43. The summed E-state index contributed by atoms with van der Waals surface area (Å²) in [5, 5.41) is 9.96. The van der Waals surface area contributed by atoms with Crippen LogP contribution in [-0.4, -0.2) is 39.2 Å². The van der Waals surface area contributed by atoms with Crippen LogP contribution < -0.4 is 0 Å². The molecule has 0 bridgehead atoms. The first-order chi connectivity index (χ1) is 13.0. The van der Waals surface area contributed by atoms with Crippen LogP contribution in [0.25, 0.3) is 0 Å². The lowest BCUT2D eigenvalue weighted by Gasteiger charge is -2.30. The predicted octanol–water partition coefficient (Wildman–Crippen LogP) is 3.57. The molecule has 27 heavy (non-hydrogen) atoms. The van der Waals surface area contributed by atoms with Gasteiger partial charge in [0.15, 0.2) is 11.5 Å². The summed E-state index contributed by atoms with van der Waals surface area (Å²) in [6, 6.07) is 7.17. The number of carboxylic acids is 1. The summed E-state index contributed by atoms with van der Waals surface area (Å²) in [4.78, 5) is 43.6. The van der Waals surface area contributed by atoms with Gasteiger partial charge in [-0.05, 0) is 31.7 Å². The van der Waals surface area contributed by atoms with Crippen molar-refractivity contribution >= 4 is 29.0 Å². The van der Waals surface area contributed by atoms with Gasteiger partial charge in [-0.3, -0.25) is 9.59 Å². The van der Waals surface area contributed by atoms with Gasteiger partial charge in [0, 0.05) is 23.4 Å². The minimum Gasteiger partial charge on any atom is -0.476 e. The van der Waals surface area contributed by atoms with Gasteiger partial charge in [0.05, 0.1) is 12.0 Å². The number of benzene rings is 1. The molecule has 1 aliphatic heterocycles. The summed E-state index contributed by atoms with van der Waals surface area (Å²) in [5.41, 5.74) is 1.53. The topological polar surface area (TPSA) is 87.6 Å². The lowest BCUT2D eigenvalue weighted by atomic mass is 9.81. The Hall–Kier alpha value is -2.54. The summed E-state index contributed by atoms with van der Waals surface area (Å²) in [7, 11) is 0. The van der Waals surface area contributed by atoms with Gasteiger partial charge in [-0.2, -0.15) is 0 Å². The predicted molar refractivity (Wildman–Crippen MR) is 100 cm³/mol. The number of Topliss-reactive ketones (excluding diaryl/α,β-unsaturated/α-hetero) is 1. The standard InChI is InChI=1S/C20H20N2O4S/c1-11-17(20(25)26)21-18(27-11)15-7-4-10-22(15)19(24)14-8-9-16(23)13-6-3-2-5-12(13)14/h2-3,5-6,14-15H,4,7-10H2,1H3,(H,25,26). The molecular weight excluding hydrogens is 364 g/mol. The first-order valence-electron chi connectivity index (χ1n) is 9.10. The van der Waals surface area contributed by atoms with E-state index in [1.165, 1.54) is 11.3 Å². The van der Waals surface area contributed by atoms with E-state index in [-0.39, 0.29) is 29.3 Å². The molecule has 1 aromatic carbocycles. The van der Waals surface area contributed by atoms with Crippen LogP contribution >= 0.6 is 11.3 Å². The largest absolute Gasteiger partial charge is 0.476 e. The fraction of sp³-hybridized carbons (Fsp3) is 0.400. The number of nitrogens with zero attached hydrogens (tertiary/aromatic N) is 2. The maximum atomic E-state index is 13.4. The van der Waals surface area contributed by atoms with E-state index in [9.17, 15) is 19.5 Å². The maximum Gasteiger partial charge on any atom is 0.355 e. The number of aromatic nitrogens is 1. The van der Waals surface area contributed by atoms with Crippen molar-refractivity contribution in [3.05, 3.63) is 51.0 Å². The average Bonchev–Trinajstić information content (AvgIpc) is 3.28. The number of rotatable bonds is 3. The average molecular weight is 384 g/mol. The van der Waals surface area contributed by atoms with Gasteiger partial charge >= 0.3 is 5.97 Å². The molecule has 6 nitrogen and oxygen atoms in total. The Labute approximate surface area is 160 Å². The Morgan fingerprint density at radius 1 is 1.26 bits per heavy atom.